The fourth-order valence-electron chi connectivity index (χ4n) is 3.07. The van der Waals surface area contributed by atoms with Crippen molar-refractivity contribution in [1.82, 2.24) is 25.1 Å². The summed E-state index contributed by atoms with van der Waals surface area (Å²) >= 11 is 0. The van der Waals surface area contributed by atoms with E-state index in [1.165, 1.54) is 4.80 Å². The summed E-state index contributed by atoms with van der Waals surface area (Å²) in [5.74, 6) is 0.633. The fraction of sp³-hybridized carbons (Fsp3) is 0.529. The highest BCUT2D eigenvalue weighted by Gasteiger charge is 2.32. The molecular formula is C17H23N5O2. The number of hydrogen-bond donors (Lipinski definition) is 1. The molecule has 0 spiro atoms. The Bertz CT molecular complexity index is 687. The molecule has 1 fully saturated rings. The normalized spacial score (nSPS) is 22.4. The molecule has 2 aromatic rings. The molecule has 1 aromatic heterocycles. The minimum atomic E-state index is -0.519. The van der Waals surface area contributed by atoms with E-state index >= 15 is 0 Å². The van der Waals surface area contributed by atoms with Gasteiger partial charge in [0.25, 0.3) is 0 Å². The molecule has 0 radical (unpaired) electrons. The predicted molar refractivity (Wildman–Crippen MR) is 88.9 cm³/mol. The predicted octanol–water partition coefficient (Wildman–Crippen LogP) is 1.52. The zero-order chi connectivity index (χ0) is 17.1. The Balaban J connectivity index is 1.75. The number of tetrazole rings is 1. The first-order valence-corrected chi connectivity index (χ1v) is 8.36. The number of hydrogen-bond acceptors (Lipinski definition) is 5. The molecule has 24 heavy (non-hydrogen) atoms. The zero-order valence-corrected chi connectivity index (χ0v) is 14.0. The highest BCUT2D eigenvalue weighted by atomic mass is 16.3. The molecule has 0 saturated carbocycles. The first-order valence-electron chi connectivity index (χ1n) is 8.36. The highest BCUT2D eigenvalue weighted by Crippen LogP contribution is 2.24. The molecule has 1 N–H and O–H groups in total. The Morgan fingerprint density at radius 1 is 1.33 bits per heavy atom. The topological polar surface area (TPSA) is 84.1 Å². The lowest BCUT2D eigenvalue weighted by atomic mass is 9.93. The van der Waals surface area contributed by atoms with E-state index in [2.05, 4.69) is 15.4 Å². The largest absolute Gasteiger partial charge is 0.396 e. The third kappa shape index (κ3) is 3.31. The van der Waals surface area contributed by atoms with E-state index in [1.54, 1.807) is 6.92 Å². The Labute approximate surface area is 141 Å². The fourth-order valence-corrected chi connectivity index (χ4v) is 3.07. The van der Waals surface area contributed by atoms with E-state index in [0.29, 0.717) is 12.4 Å². The highest BCUT2D eigenvalue weighted by molar-refractivity contribution is 5.80. The van der Waals surface area contributed by atoms with Gasteiger partial charge in [0.15, 0.2) is 0 Å². The van der Waals surface area contributed by atoms with Crippen LogP contribution in [0.4, 0.5) is 0 Å². The lowest BCUT2D eigenvalue weighted by molar-refractivity contribution is -0.139. The summed E-state index contributed by atoms with van der Waals surface area (Å²) in [6.45, 7) is 4.53. The van der Waals surface area contributed by atoms with Crippen molar-refractivity contribution in [3.05, 3.63) is 30.3 Å². The molecule has 1 aliphatic heterocycles. The van der Waals surface area contributed by atoms with Crippen LogP contribution in [0.15, 0.2) is 30.3 Å². The Hall–Kier alpha value is -2.28. The Morgan fingerprint density at radius 2 is 2.08 bits per heavy atom. The van der Waals surface area contributed by atoms with Gasteiger partial charge in [0.2, 0.25) is 11.7 Å². The summed E-state index contributed by atoms with van der Waals surface area (Å²) in [6.07, 6.45) is 1.86. The minimum absolute atomic E-state index is 0.0299. The van der Waals surface area contributed by atoms with Gasteiger partial charge in [-0.2, -0.15) is 4.80 Å². The van der Waals surface area contributed by atoms with Crippen LogP contribution in [0.5, 0.6) is 0 Å². The Kier molecular flexibility index (Phi) is 4.89. The van der Waals surface area contributed by atoms with Crippen LogP contribution in [0.2, 0.25) is 0 Å². The van der Waals surface area contributed by atoms with Crippen LogP contribution in [0, 0.1) is 5.92 Å². The maximum Gasteiger partial charge on any atom is 0.249 e. The van der Waals surface area contributed by atoms with Gasteiger partial charge in [0.1, 0.15) is 6.04 Å². The summed E-state index contributed by atoms with van der Waals surface area (Å²) < 4.78 is 0. The summed E-state index contributed by atoms with van der Waals surface area (Å²) in [5, 5.41) is 21.8. The zero-order valence-electron chi connectivity index (χ0n) is 14.0. The number of rotatable bonds is 4. The van der Waals surface area contributed by atoms with E-state index in [-0.39, 0.29) is 24.5 Å². The molecule has 1 amide bonds. The summed E-state index contributed by atoms with van der Waals surface area (Å²) in [7, 11) is 0. The lowest BCUT2D eigenvalue weighted by Gasteiger charge is -2.38. The van der Waals surface area contributed by atoms with Gasteiger partial charge in [-0.05, 0) is 37.8 Å². The van der Waals surface area contributed by atoms with Crippen molar-refractivity contribution < 1.29 is 9.90 Å². The molecule has 7 heteroatoms. The average molecular weight is 329 g/mol. The van der Waals surface area contributed by atoms with E-state index in [0.717, 1.165) is 18.4 Å². The van der Waals surface area contributed by atoms with Gasteiger partial charge in [0.05, 0.1) is 0 Å². The first kappa shape index (κ1) is 16.6. The van der Waals surface area contributed by atoms with Gasteiger partial charge in [-0.15, -0.1) is 10.2 Å². The van der Waals surface area contributed by atoms with Gasteiger partial charge in [-0.25, -0.2) is 0 Å². The number of nitrogens with zero attached hydrogens (tertiary/aromatic N) is 5. The second-order valence-electron chi connectivity index (χ2n) is 6.44. The van der Waals surface area contributed by atoms with Crippen LogP contribution >= 0.6 is 0 Å². The number of carbonyl (C=O) groups is 1. The lowest BCUT2D eigenvalue weighted by Crippen LogP contribution is -2.48. The Morgan fingerprint density at radius 3 is 2.79 bits per heavy atom. The molecule has 0 bridgehead atoms. The van der Waals surface area contributed by atoms with Gasteiger partial charge >= 0.3 is 0 Å². The van der Waals surface area contributed by atoms with Crippen LogP contribution in [-0.4, -0.2) is 55.3 Å². The van der Waals surface area contributed by atoms with Crippen LogP contribution in [0.25, 0.3) is 11.4 Å². The molecule has 1 aromatic carbocycles. The number of piperidine rings is 1. The van der Waals surface area contributed by atoms with Crippen molar-refractivity contribution in [1.29, 1.82) is 0 Å². The van der Waals surface area contributed by atoms with E-state index in [9.17, 15) is 9.90 Å². The van der Waals surface area contributed by atoms with E-state index in [4.69, 9.17) is 0 Å². The molecular weight excluding hydrogens is 306 g/mol. The minimum Gasteiger partial charge on any atom is -0.396 e. The van der Waals surface area contributed by atoms with Crippen molar-refractivity contribution in [2.24, 2.45) is 5.92 Å². The standard InChI is InChI=1S/C17H23N5O2/c1-12-8-9-14(11-23)10-21(12)17(24)13(2)22-19-16(18-20-22)15-6-4-3-5-7-15/h3-7,12-14,23H,8-11H2,1-2H3. The number of carbonyl (C=O) groups excluding carboxylic acids is 1. The van der Waals surface area contributed by atoms with Crippen LogP contribution in [0.1, 0.15) is 32.7 Å². The molecule has 3 atom stereocenters. The second kappa shape index (κ2) is 7.09. The first-order chi connectivity index (χ1) is 11.6. The van der Waals surface area contributed by atoms with Gasteiger partial charge in [-0.1, -0.05) is 30.3 Å². The molecule has 1 saturated heterocycles. The molecule has 3 rings (SSSR count). The number of benzene rings is 1. The number of amides is 1. The smallest absolute Gasteiger partial charge is 0.249 e. The second-order valence-corrected chi connectivity index (χ2v) is 6.44. The van der Waals surface area contributed by atoms with Gasteiger partial charge in [0, 0.05) is 24.8 Å². The molecule has 0 aliphatic carbocycles. The van der Waals surface area contributed by atoms with Crippen molar-refractivity contribution in [2.45, 2.75) is 38.8 Å². The summed E-state index contributed by atoms with van der Waals surface area (Å²) in [4.78, 5) is 16.0. The third-order valence-corrected chi connectivity index (χ3v) is 4.68. The maximum atomic E-state index is 12.8. The number of aromatic nitrogens is 4. The summed E-state index contributed by atoms with van der Waals surface area (Å²) in [6, 6.07) is 9.22. The molecule has 1 aliphatic rings. The number of likely N-dealkylation sites (tertiary alicyclic amines) is 1. The molecule has 128 valence electrons. The van der Waals surface area contributed by atoms with Crippen LogP contribution in [0.3, 0.4) is 0 Å². The monoisotopic (exact) mass is 329 g/mol. The summed E-state index contributed by atoms with van der Waals surface area (Å²) in [5.41, 5.74) is 0.870. The van der Waals surface area contributed by atoms with Crippen molar-refractivity contribution >= 4 is 5.91 Å². The number of aliphatic hydroxyl groups is 1. The van der Waals surface area contributed by atoms with Crippen LogP contribution in [-0.2, 0) is 4.79 Å². The molecule has 2 heterocycles. The quantitative estimate of drug-likeness (QED) is 0.919. The molecule has 3 unspecified atom stereocenters. The van der Waals surface area contributed by atoms with E-state index < -0.39 is 6.04 Å². The van der Waals surface area contributed by atoms with Crippen LogP contribution < -0.4 is 0 Å². The number of aliphatic hydroxyl groups excluding tert-OH is 1. The van der Waals surface area contributed by atoms with Crippen molar-refractivity contribution in [3.8, 4) is 11.4 Å². The maximum absolute atomic E-state index is 12.8. The van der Waals surface area contributed by atoms with Gasteiger partial charge < -0.3 is 10.0 Å². The third-order valence-electron chi connectivity index (χ3n) is 4.68. The van der Waals surface area contributed by atoms with Gasteiger partial charge in [-0.3, -0.25) is 4.79 Å². The van der Waals surface area contributed by atoms with Crippen molar-refractivity contribution in [3.63, 3.8) is 0 Å². The SMILES string of the molecule is CC1CCC(CO)CN1C(=O)C(C)n1nnc(-c2ccccc2)n1. The van der Waals surface area contributed by atoms with Crippen molar-refractivity contribution in [2.75, 3.05) is 13.2 Å². The van der Waals surface area contributed by atoms with E-state index in [1.807, 2.05) is 42.2 Å². The molecule has 7 nitrogen and oxygen atoms in total. The average Bonchev–Trinajstić information content (AvgIpc) is 3.12.